The second kappa shape index (κ2) is 5.70. The molecular weight excluding hydrogens is 246 g/mol. The first-order chi connectivity index (χ1) is 8.86. The van der Waals surface area contributed by atoms with E-state index in [-0.39, 0.29) is 5.79 Å². The SMILES string of the molecule is c1csc(CCNC2CCC3(CC2)OCCO3)c1. The predicted octanol–water partition coefficient (Wildman–Crippen LogP) is 2.57. The minimum Gasteiger partial charge on any atom is -0.348 e. The van der Waals surface area contributed by atoms with Crippen LogP contribution in [-0.4, -0.2) is 31.6 Å². The van der Waals surface area contributed by atoms with Crippen LogP contribution in [0, 0.1) is 0 Å². The fraction of sp³-hybridized carbons (Fsp3) is 0.714. The quantitative estimate of drug-likeness (QED) is 0.909. The van der Waals surface area contributed by atoms with Gasteiger partial charge in [0.1, 0.15) is 0 Å². The summed E-state index contributed by atoms with van der Waals surface area (Å²) in [5.41, 5.74) is 0. The van der Waals surface area contributed by atoms with Gasteiger partial charge in [0, 0.05) is 30.3 Å². The zero-order valence-electron chi connectivity index (χ0n) is 10.7. The highest BCUT2D eigenvalue weighted by Crippen LogP contribution is 2.35. The van der Waals surface area contributed by atoms with Crippen molar-refractivity contribution in [2.75, 3.05) is 19.8 Å². The van der Waals surface area contributed by atoms with Gasteiger partial charge in [-0.1, -0.05) is 6.07 Å². The molecule has 2 aliphatic rings. The first-order valence-corrected chi connectivity index (χ1v) is 7.78. The summed E-state index contributed by atoms with van der Waals surface area (Å²) >= 11 is 1.84. The van der Waals surface area contributed by atoms with Crippen molar-refractivity contribution in [3.63, 3.8) is 0 Å². The molecule has 1 aromatic rings. The van der Waals surface area contributed by atoms with Crippen molar-refractivity contribution in [2.45, 2.75) is 43.9 Å². The topological polar surface area (TPSA) is 30.5 Å². The standard InChI is InChI=1S/C14H21NO2S/c1-2-13(18-11-1)5-8-15-12-3-6-14(7-4-12)16-9-10-17-14/h1-2,11-12,15H,3-10H2. The third kappa shape index (κ3) is 2.94. The van der Waals surface area contributed by atoms with E-state index in [2.05, 4.69) is 22.8 Å². The van der Waals surface area contributed by atoms with E-state index in [1.54, 1.807) is 0 Å². The monoisotopic (exact) mass is 267 g/mol. The van der Waals surface area contributed by atoms with Crippen LogP contribution in [0.4, 0.5) is 0 Å². The lowest BCUT2D eigenvalue weighted by Crippen LogP contribution is -2.42. The van der Waals surface area contributed by atoms with Crippen LogP contribution in [0.1, 0.15) is 30.6 Å². The molecule has 0 atom stereocenters. The Morgan fingerprint density at radius 1 is 1.28 bits per heavy atom. The molecule has 0 radical (unpaired) electrons. The van der Waals surface area contributed by atoms with Gasteiger partial charge in [-0.25, -0.2) is 0 Å². The summed E-state index contributed by atoms with van der Waals surface area (Å²) in [4.78, 5) is 1.47. The highest BCUT2D eigenvalue weighted by Gasteiger charge is 2.39. The average Bonchev–Trinajstić information content (AvgIpc) is 3.04. The fourth-order valence-corrected chi connectivity index (χ4v) is 3.61. The Morgan fingerprint density at radius 3 is 2.72 bits per heavy atom. The molecule has 0 bridgehead atoms. The molecule has 0 aromatic carbocycles. The molecule has 0 unspecified atom stereocenters. The molecule has 1 N–H and O–H groups in total. The van der Waals surface area contributed by atoms with Crippen LogP contribution in [0.3, 0.4) is 0 Å². The van der Waals surface area contributed by atoms with Crippen molar-refractivity contribution in [3.05, 3.63) is 22.4 Å². The first-order valence-electron chi connectivity index (χ1n) is 6.90. The van der Waals surface area contributed by atoms with E-state index in [0.717, 1.165) is 39.0 Å². The van der Waals surface area contributed by atoms with Crippen LogP contribution in [-0.2, 0) is 15.9 Å². The van der Waals surface area contributed by atoms with Gasteiger partial charge in [0.25, 0.3) is 0 Å². The summed E-state index contributed by atoms with van der Waals surface area (Å²) in [5, 5.41) is 5.81. The predicted molar refractivity (Wildman–Crippen MR) is 72.9 cm³/mol. The van der Waals surface area contributed by atoms with E-state index < -0.39 is 0 Å². The van der Waals surface area contributed by atoms with Crippen LogP contribution in [0.25, 0.3) is 0 Å². The summed E-state index contributed by atoms with van der Waals surface area (Å²) in [6, 6.07) is 4.98. The fourth-order valence-electron chi connectivity index (χ4n) is 2.90. The molecule has 18 heavy (non-hydrogen) atoms. The van der Waals surface area contributed by atoms with E-state index >= 15 is 0 Å². The van der Waals surface area contributed by atoms with Crippen LogP contribution in [0.15, 0.2) is 17.5 Å². The Labute approximate surface area is 112 Å². The zero-order chi connectivity index (χ0) is 12.3. The second-order valence-electron chi connectivity index (χ2n) is 5.17. The van der Waals surface area contributed by atoms with Gasteiger partial charge >= 0.3 is 0 Å². The second-order valence-corrected chi connectivity index (χ2v) is 6.20. The molecule has 1 saturated heterocycles. The van der Waals surface area contributed by atoms with Crippen LogP contribution >= 0.6 is 11.3 Å². The van der Waals surface area contributed by atoms with Crippen molar-refractivity contribution in [1.82, 2.24) is 5.32 Å². The van der Waals surface area contributed by atoms with Gasteiger partial charge < -0.3 is 14.8 Å². The third-order valence-corrected chi connectivity index (χ3v) is 4.88. The van der Waals surface area contributed by atoms with Gasteiger partial charge in [-0.2, -0.15) is 0 Å². The number of ether oxygens (including phenoxy) is 2. The van der Waals surface area contributed by atoms with Crippen molar-refractivity contribution < 1.29 is 9.47 Å². The molecule has 3 rings (SSSR count). The van der Waals surface area contributed by atoms with Crippen LogP contribution < -0.4 is 5.32 Å². The molecule has 1 spiro atoms. The number of hydrogen-bond acceptors (Lipinski definition) is 4. The largest absolute Gasteiger partial charge is 0.348 e. The molecule has 2 fully saturated rings. The Bertz CT molecular complexity index is 350. The van der Waals surface area contributed by atoms with Gasteiger partial charge in [0.15, 0.2) is 5.79 Å². The average molecular weight is 267 g/mol. The summed E-state index contributed by atoms with van der Waals surface area (Å²) in [5.74, 6) is -0.216. The Balaban J connectivity index is 1.38. The van der Waals surface area contributed by atoms with E-state index in [4.69, 9.17) is 9.47 Å². The van der Waals surface area contributed by atoms with Crippen molar-refractivity contribution in [2.24, 2.45) is 0 Å². The molecule has 3 nitrogen and oxygen atoms in total. The molecule has 100 valence electrons. The normalized spacial score (nSPS) is 23.8. The number of thiophene rings is 1. The third-order valence-electron chi connectivity index (χ3n) is 3.95. The van der Waals surface area contributed by atoms with Gasteiger partial charge in [0.05, 0.1) is 13.2 Å². The summed E-state index contributed by atoms with van der Waals surface area (Å²) in [6.45, 7) is 2.63. The lowest BCUT2D eigenvalue weighted by molar-refractivity contribution is -0.179. The van der Waals surface area contributed by atoms with Crippen LogP contribution in [0.5, 0.6) is 0 Å². The maximum Gasteiger partial charge on any atom is 0.168 e. The summed E-state index contributed by atoms with van der Waals surface area (Å²) in [7, 11) is 0. The molecular formula is C14H21NO2S. The van der Waals surface area contributed by atoms with E-state index in [1.807, 2.05) is 11.3 Å². The Morgan fingerprint density at radius 2 is 2.06 bits per heavy atom. The minimum atomic E-state index is -0.216. The van der Waals surface area contributed by atoms with Gasteiger partial charge in [-0.3, -0.25) is 0 Å². The molecule has 4 heteroatoms. The molecule has 1 aliphatic carbocycles. The number of nitrogens with one attached hydrogen (secondary N) is 1. The van der Waals surface area contributed by atoms with Gasteiger partial charge in [0.2, 0.25) is 0 Å². The lowest BCUT2D eigenvalue weighted by atomic mass is 9.90. The number of hydrogen-bond donors (Lipinski definition) is 1. The highest BCUT2D eigenvalue weighted by molar-refractivity contribution is 7.09. The van der Waals surface area contributed by atoms with Crippen molar-refractivity contribution in [1.29, 1.82) is 0 Å². The van der Waals surface area contributed by atoms with Crippen molar-refractivity contribution in [3.8, 4) is 0 Å². The van der Waals surface area contributed by atoms with E-state index in [1.165, 1.54) is 17.7 Å². The van der Waals surface area contributed by atoms with E-state index in [9.17, 15) is 0 Å². The lowest BCUT2D eigenvalue weighted by Gasteiger charge is -2.35. The molecule has 0 amide bonds. The summed E-state index contributed by atoms with van der Waals surface area (Å²) < 4.78 is 11.5. The van der Waals surface area contributed by atoms with Gasteiger partial charge in [-0.05, 0) is 30.7 Å². The molecule has 1 aromatic heterocycles. The first kappa shape index (κ1) is 12.6. The number of rotatable bonds is 4. The van der Waals surface area contributed by atoms with Crippen molar-refractivity contribution >= 4 is 11.3 Å². The van der Waals surface area contributed by atoms with Crippen LogP contribution in [0.2, 0.25) is 0 Å². The molecule has 2 heterocycles. The zero-order valence-corrected chi connectivity index (χ0v) is 11.5. The maximum absolute atomic E-state index is 5.74. The maximum atomic E-state index is 5.74. The van der Waals surface area contributed by atoms with Gasteiger partial charge in [-0.15, -0.1) is 11.3 Å². The highest BCUT2D eigenvalue weighted by atomic mass is 32.1. The minimum absolute atomic E-state index is 0.216. The smallest absolute Gasteiger partial charge is 0.168 e. The summed E-state index contributed by atoms with van der Waals surface area (Å²) in [6.07, 6.45) is 5.58. The molecule has 1 aliphatic heterocycles. The van der Waals surface area contributed by atoms with E-state index in [0.29, 0.717) is 6.04 Å². The molecule has 1 saturated carbocycles. The Hall–Kier alpha value is -0.420. The Kier molecular flexibility index (Phi) is 3.99.